The van der Waals surface area contributed by atoms with Crippen LogP contribution in [0.1, 0.15) is 42.9 Å². The maximum Gasteiger partial charge on any atom is 0.332 e. The second-order valence-electron chi connectivity index (χ2n) is 14.0. The lowest BCUT2D eigenvalue weighted by molar-refractivity contribution is -0.151. The zero-order valence-electron chi connectivity index (χ0n) is 32.9. The Morgan fingerprint density at radius 2 is 1.27 bits per heavy atom. The van der Waals surface area contributed by atoms with Crippen LogP contribution < -0.4 is 16.0 Å². The summed E-state index contributed by atoms with van der Waals surface area (Å²) in [7, 11) is 0. The van der Waals surface area contributed by atoms with Crippen LogP contribution in [0, 0.1) is 0 Å². The fraction of sp³-hybridized carbons (Fsp3) is 0.487. The predicted octanol–water partition coefficient (Wildman–Crippen LogP) is 2.64. The molecule has 0 saturated carbocycles. The zero-order valence-corrected chi connectivity index (χ0v) is 35.2. The van der Waals surface area contributed by atoms with Crippen molar-refractivity contribution in [3.63, 3.8) is 0 Å². The van der Waals surface area contributed by atoms with E-state index in [1.165, 1.54) is 9.80 Å². The normalized spacial score (nSPS) is 13.0. The van der Waals surface area contributed by atoms with Crippen LogP contribution in [0.3, 0.4) is 0 Å². The number of carbonyl (C=O) groups excluding carboxylic acids is 2. The minimum Gasteiger partial charge on any atom is -0.480 e. The van der Waals surface area contributed by atoms with Gasteiger partial charge in [0.2, 0.25) is 17.9 Å². The topological polar surface area (TPSA) is 242 Å². The first-order chi connectivity index (χ1) is 28.6. The molecule has 60 heavy (non-hydrogen) atoms. The Morgan fingerprint density at radius 3 is 1.88 bits per heavy atom. The van der Waals surface area contributed by atoms with Gasteiger partial charge < -0.3 is 45.6 Å². The van der Waals surface area contributed by atoms with Crippen molar-refractivity contribution in [1.82, 2.24) is 35.6 Å². The van der Waals surface area contributed by atoms with Crippen LogP contribution in [0.5, 0.6) is 0 Å². The molecule has 1 aliphatic heterocycles. The lowest BCUT2D eigenvalue weighted by Gasteiger charge is -2.27. The molecule has 2 aromatic carbocycles. The maximum absolute atomic E-state index is 12.7. The summed E-state index contributed by atoms with van der Waals surface area (Å²) in [6.07, 6.45) is 6.35. The third-order valence-electron chi connectivity index (χ3n) is 9.11. The largest absolute Gasteiger partial charge is 0.480 e. The molecule has 1 aliphatic rings. The summed E-state index contributed by atoms with van der Waals surface area (Å²) in [5.41, 5.74) is 1.75. The van der Waals surface area contributed by atoms with Crippen LogP contribution in [-0.2, 0) is 40.1 Å². The molecule has 7 N–H and O–H groups in total. The van der Waals surface area contributed by atoms with Gasteiger partial charge in [-0.25, -0.2) is 9.59 Å². The number of halogens is 3. The quantitative estimate of drug-likeness (QED) is 0.0441. The highest BCUT2D eigenvalue weighted by atomic mass is 35.5. The molecular weight excluding hydrogens is 849 g/mol. The summed E-state index contributed by atoms with van der Waals surface area (Å²) in [4.78, 5) is 76.8. The number of carbonyl (C=O) groups is 6. The number of hydrogen-bond donors (Lipinski definition) is 7. The number of nitrogens with zero attached hydrogens (tertiary/aromatic N) is 4. The third-order valence-corrected chi connectivity index (χ3v) is 9.92. The average molecular weight is 901 g/mol. The first kappa shape index (κ1) is 49.7. The molecule has 18 nitrogen and oxygen atoms in total. The molecule has 0 aromatic heterocycles. The van der Waals surface area contributed by atoms with Gasteiger partial charge in [0.25, 0.3) is 0 Å². The van der Waals surface area contributed by atoms with Crippen molar-refractivity contribution in [3.05, 3.63) is 81.1 Å². The molecule has 0 bridgehead atoms. The standard InChI is InChI=1S/C39H52Cl3N7O11/c40-28-7-5-27(6-8-28)25-60-32(30-10-9-29(41)19-31(30)42)20-48-17-18-49(26-48)22-34(51)44-12-4-2-1-3-11-43-33(50)21-47(24-36(54)55)16-15-46(23-35(52)53)14-13-45-37(38(56)57)39(58)59/h5-10,17-19,32,37,45H,1-4,11-16,20-26H2,(H,43,50)(H,44,51)(H,52,53)(H,54,55)(H,56,57)(H,58,59). The predicted molar refractivity (Wildman–Crippen MR) is 223 cm³/mol. The van der Waals surface area contributed by atoms with Crippen LogP contribution in [-0.4, -0.2) is 160 Å². The lowest BCUT2D eigenvalue weighted by Crippen LogP contribution is -2.48. The Hall–Kier alpha value is -4.69. The van der Waals surface area contributed by atoms with Crippen molar-refractivity contribution >= 4 is 70.5 Å². The molecule has 0 aliphatic carbocycles. The summed E-state index contributed by atoms with van der Waals surface area (Å²) in [6, 6.07) is 10.8. The van der Waals surface area contributed by atoms with Crippen molar-refractivity contribution in [3.8, 4) is 0 Å². The van der Waals surface area contributed by atoms with Crippen LogP contribution in [0.2, 0.25) is 15.1 Å². The average Bonchev–Trinajstić information content (AvgIpc) is 3.61. The highest BCUT2D eigenvalue weighted by Gasteiger charge is 2.26. The fourth-order valence-electron chi connectivity index (χ4n) is 6.09. The molecular formula is C39H52Cl3N7O11. The van der Waals surface area contributed by atoms with Gasteiger partial charge in [0.05, 0.1) is 39.5 Å². The van der Waals surface area contributed by atoms with Gasteiger partial charge in [-0.3, -0.25) is 34.3 Å². The second-order valence-corrected chi connectivity index (χ2v) is 15.3. The van der Waals surface area contributed by atoms with E-state index in [0.29, 0.717) is 54.4 Å². The van der Waals surface area contributed by atoms with Gasteiger partial charge >= 0.3 is 23.9 Å². The van der Waals surface area contributed by atoms with Crippen molar-refractivity contribution in [2.45, 2.75) is 44.4 Å². The molecule has 1 atom stereocenters. The molecule has 0 spiro atoms. The summed E-state index contributed by atoms with van der Waals surface area (Å²) in [5.74, 6) is -6.12. The number of unbranched alkanes of at least 4 members (excludes halogenated alkanes) is 3. The van der Waals surface area contributed by atoms with E-state index < -0.39 is 48.9 Å². The number of hydrogen-bond acceptors (Lipinski definition) is 12. The Morgan fingerprint density at radius 1 is 0.683 bits per heavy atom. The molecule has 2 aromatic rings. The minimum absolute atomic E-state index is 0.00716. The van der Waals surface area contributed by atoms with E-state index in [1.54, 1.807) is 24.3 Å². The number of carboxylic acids is 4. The number of benzene rings is 2. The van der Waals surface area contributed by atoms with Crippen LogP contribution in [0.4, 0.5) is 0 Å². The maximum atomic E-state index is 12.7. The molecule has 3 rings (SSSR count). The van der Waals surface area contributed by atoms with Gasteiger partial charge in [0.1, 0.15) is 6.10 Å². The fourth-order valence-corrected chi connectivity index (χ4v) is 6.74. The lowest BCUT2D eigenvalue weighted by atomic mass is 10.1. The van der Waals surface area contributed by atoms with E-state index in [-0.39, 0.29) is 51.3 Å². The third kappa shape index (κ3) is 19.6. The second kappa shape index (κ2) is 26.5. The monoisotopic (exact) mass is 899 g/mol. The molecule has 0 saturated heterocycles. The van der Waals surface area contributed by atoms with Crippen molar-refractivity contribution in [2.75, 3.05) is 78.7 Å². The Labute approximate surface area is 363 Å². The van der Waals surface area contributed by atoms with E-state index in [4.69, 9.17) is 49.8 Å². The van der Waals surface area contributed by atoms with Gasteiger partial charge in [0, 0.05) is 78.8 Å². The van der Waals surface area contributed by atoms with Crippen molar-refractivity contribution in [2.24, 2.45) is 0 Å². The van der Waals surface area contributed by atoms with Crippen molar-refractivity contribution < 1.29 is 53.9 Å². The van der Waals surface area contributed by atoms with Crippen LogP contribution in [0.25, 0.3) is 0 Å². The molecule has 330 valence electrons. The summed E-state index contributed by atoms with van der Waals surface area (Å²) < 4.78 is 6.31. The van der Waals surface area contributed by atoms with E-state index in [0.717, 1.165) is 30.4 Å². The molecule has 0 radical (unpaired) electrons. The first-order valence-corrected chi connectivity index (χ1v) is 20.3. The van der Waals surface area contributed by atoms with Gasteiger partial charge in [-0.1, -0.05) is 65.8 Å². The zero-order chi connectivity index (χ0) is 44.0. The van der Waals surface area contributed by atoms with Crippen molar-refractivity contribution in [1.29, 1.82) is 0 Å². The number of nitrogens with one attached hydrogen (secondary N) is 3. The number of amides is 2. The molecule has 1 heterocycles. The molecule has 2 amide bonds. The smallest absolute Gasteiger partial charge is 0.332 e. The van der Waals surface area contributed by atoms with Gasteiger partial charge in [0.15, 0.2) is 0 Å². The first-order valence-electron chi connectivity index (χ1n) is 19.2. The number of aliphatic carboxylic acids is 4. The number of carboxylic acid groups (broad SMARTS) is 4. The molecule has 1 unspecified atom stereocenters. The van der Waals surface area contributed by atoms with Gasteiger partial charge in [-0.05, 0) is 42.7 Å². The van der Waals surface area contributed by atoms with Gasteiger partial charge in [-0.15, -0.1) is 0 Å². The summed E-state index contributed by atoms with van der Waals surface area (Å²) in [6.45, 7) is 0.936. The summed E-state index contributed by atoms with van der Waals surface area (Å²) in [5, 5.41) is 46.2. The van der Waals surface area contributed by atoms with E-state index in [2.05, 4.69) is 16.0 Å². The van der Waals surface area contributed by atoms with E-state index in [9.17, 15) is 39.0 Å². The number of rotatable bonds is 30. The SMILES string of the molecule is O=C(O)CN(CCNC(C(=O)O)C(=O)O)CCN(CC(=O)O)CC(=O)NCCCCCCNC(=O)CN1C=CN(CC(OCc2ccc(Cl)cc2)c2ccc(Cl)cc2Cl)C1. The Kier molecular flexibility index (Phi) is 21.9. The van der Waals surface area contributed by atoms with Crippen LogP contribution in [0.15, 0.2) is 54.9 Å². The number of ether oxygens (including phenoxy) is 1. The Balaban J connectivity index is 1.31. The van der Waals surface area contributed by atoms with Gasteiger partial charge in [-0.2, -0.15) is 0 Å². The van der Waals surface area contributed by atoms with Crippen LogP contribution >= 0.6 is 34.8 Å². The summed E-state index contributed by atoms with van der Waals surface area (Å²) >= 11 is 18.7. The molecule has 0 fully saturated rings. The highest BCUT2D eigenvalue weighted by Crippen LogP contribution is 2.31. The Bertz CT molecular complexity index is 1760. The van der Waals surface area contributed by atoms with E-state index >= 15 is 0 Å². The molecule has 21 heteroatoms. The van der Waals surface area contributed by atoms with E-state index in [1.807, 2.05) is 40.4 Å². The highest BCUT2D eigenvalue weighted by molar-refractivity contribution is 6.35. The minimum atomic E-state index is -1.87.